The summed E-state index contributed by atoms with van der Waals surface area (Å²) in [6, 6.07) is 12.0. The monoisotopic (exact) mass is 486 g/mol. The Kier molecular flexibility index (Phi) is 6.86. The lowest BCUT2D eigenvalue weighted by molar-refractivity contribution is -0.385. The third-order valence-corrected chi connectivity index (χ3v) is 7.00. The molecule has 186 valence electrons. The fourth-order valence-electron chi connectivity index (χ4n) is 5.19. The van der Waals surface area contributed by atoms with E-state index in [1.807, 2.05) is 19.2 Å². The van der Waals surface area contributed by atoms with Gasteiger partial charge in [0.25, 0.3) is 5.69 Å². The van der Waals surface area contributed by atoms with Gasteiger partial charge in [-0.1, -0.05) is 31.2 Å². The Labute approximate surface area is 210 Å². The molecule has 3 heterocycles. The second kappa shape index (κ2) is 10.2. The van der Waals surface area contributed by atoms with Crippen LogP contribution in [0, 0.1) is 10.1 Å². The molecule has 1 fully saturated rings. The maximum Gasteiger partial charge on any atom is 0.277 e. The molecule has 0 radical (unpaired) electrons. The molecule has 2 aliphatic heterocycles. The Hall–Kier alpha value is -3.53. The lowest BCUT2D eigenvalue weighted by atomic mass is 9.92. The van der Waals surface area contributed by atoms with E-state index in [2.05, 4.69) is 51.4 Å². The number of ether oxygens (including phenoxy) is 1. The highest BCUT2D eigenvalue weighted by Gasteiger charge is 2.38. The predicted octanol–water partition coefficient (Wildman–Crippen LogP) is 3.95. The first-order valence-electron chi connectivity index (χ1n) is 12.3. The van der Waals surface area contributed by atoms with Crippen LogP contribution in [0.25, 0.3) is 10.9 Å². The van der Waals surface area contributed by atoms with Crippen LogP contribution in [0.2, 0.25) is 0 Å². The molecule has 2 atom stereocenters. The largest absolute Gasteiger partial charge is 0.379 e. The SMILES string of the molecule is CCNC1(c2cc3ncncc3cc2[N+](=O)[O-])C=C(Cc2ccccc2C(C)N2CCOCC2)C=N1. The quantitative estimate of drug-likeness (QED) is 0.380. The highest BCUT2D eigenvalue weighted by Crippen LogP contribution is 2.38. The summed E-state index contributed by atoms with van der Waals surface area (Å²) in [5.74, 6) is 0. The van der Waals surface area contributed by atoms with Gasteiger partial charge in [-0.05, 0) is 48.7 Å². The van der Waals surface area contributed by atoms with Crippen LogP contribution in [-0.2, 0) is 16.8 Å². The van der Waals surface area contributed by atoms with E-state index in [9.17, 15) is 10.1 Å². The molecule has 1 aromatic heterocycles. The lowest BCUT2D eigenvalue weighted by Gasteiger charge is -2.33. The second-order valence-corrected chi connectivity index (χ2v) is 9.18. The molecule has 2 aliphatic rings. The van der Waals surface area contributed by atoms with Crippen molar-refractivity contribution < 1.29 is 9.66 Å². The minimum absolute atomic E-state index is 0.00533. The van der Waals surface area contributed by atoms with Crippen LogP contribution in [0.4, 0.5) is 5.69 Å². The summed E-state index contributed by atoms with van der Waals surface area (Å²) in [6.45, 7) is 8.14. The van der Waals surface area contributed by atoms with E-state index in [-0.39, 0.29) is 16.7 Å². The first-order valence-corrected chi connectivity index (χ1v) is 12.3. The van der Waals surface area contributed by atoms with E-state index in [4.69, 9.17) is 9.73 Å². The van der Waals surface area contributed by atoms with Gasteiger partial charge in [0.2, 0.25) is 0 Å². The standard InChI is InChI=1S/C27H30N6O3/c1-3-30-27(24-14-25-22(17-28-18-29-25)13-26(24)33(34)35)15-20(16-31-27)12-21-6-4-5-7-23(21)19(2)32-8-10-36-11-9-32/h4-7,13-19,30H,3,8-12H2,1-2H3. The van der Waals surface area contributed by atoms with Crippen LogP contribution in [0.5, 0.6) is 0 Å². The molecule has 0 bridgehead atoms. The maximum atomic E-state index is 12.1. The average molecular weight is 487 g/mol. The zero-order valence-electron chi connectivity index (χ0n) is 20.6. The number of nitrogens with one attached hydrogen (secondary N) is 1. The van der Waals surface area contributed by atoms with Crippen molar-refractivity contribution in [2.45, 2.75) is 32.0 Å². The molecule has 0 aliphatic carbocycles. The topological polar surface area (TPSA) is 106 Å². The number of nitrogens with zero attached hydrogens (tertiary/aromatic N) is 5. The van der Waals surface area contributed by atoms with E-state index in [1.165, 1.54) is 23.5 Å². The summed E-state index contributed by atoms with van der Waals surface area (Å²) in [5.41, 5.74) is 3.59. The number of aliphatic imine (C=N–C) groups is 1. The lowest BCUT2D eigenvalue weighted by Crippen LogP contribution is -2.38. The van der Waals surface area contributed by atoms with Gasteiger partial charge in [0.1, 0.15) is 6.33 Å². The fourth-order valence-corrected chi connectivity index (χ4v) is 5.19. The van der Waals surface area contributed by atoms with Crippen molar-refractivity contribution in [3.63, 3.8) is 0 Å². The normalized spacial score (nSPS) is 21.0. The van der Waals surface area contributed by atoms with Gasteiger partial charge in [-0.3, -0.25) is 25.3 Å². The summed E-state index contributed by atoms with van der Waals surface area (Å²) >= 11 is 0. The molecular weight excluding hydrogens is 456 g/mol. The van der Waals surface area contributed by atoms with Crippen LogP contribution in [0.3, 0.4) is 0 Å². The number of likely N-dealkylation sites (N-methyl/N-ethyl adjacent to an activating group) is 1. The third kappa shape index (κ3) is 4.65. The first kappa shape index (κ1) is 24.2. The number of aromatic nitrogens is 2. The number of nitro groups is 1. The molecule has 0 saturated carbocycles. The maximum absolute atomic E-state index is 12.1. The van der Waals surface area contributed by atoms with E-state index in [0.717, 1.165) is 31.9 Å². The molecule has 9 heteroatoms. The number of allylic oxidation sites excluding steroid dienone is 1. The number of rotatable bonds is 8. The van der Waals surface area contributed by atoms with E-state index in [1.54, 1.807) is 12.3 Å². The van der Waals surface area contributed by atoms with Gasteiger partial charge in [0.05, 0.1) is 29.2 Å². The zero-order valence-corrected chi connectivity index (χ0v) is 20.6. The van der Waals surface area contributed by atoms with Crippen molar-refractivity contribution in [3.8, 4) is 0 Å². The Morgan fingerprint density at radius 2 is 2.06 bits per heavy atom. The van der Waals surface area contributed by atoms with Crippen LogP contribution in [0.1, 0.15) is 36.6 Å². The van der Waals surface area contributed by atoms with Crippen LogP contribution < -0.4 is 5.32 Å². The molecule has 1 saturated heterocycles. The molecule has 5 rings (SSSR count). The van der Waals surface area contributed by atoms with Crippen molar-refractivity contribution in [2.75, 3.05) is 32.8 Å². The summed E-state index contributed by atoms with van der Waals surface area (Å²) in [4.78, 5) is 27.3. The molecule has 3 aromatic rings. The summed E-state index contributed by atoms with van der Waals surface area (Å²) in [5, 5.41) is 16.1. The number of nitro benzene ring substituents is 1. The third-order valence-electron chi connectivity index (χ3n) is 7.00. The van der Waals surface area contributed by atoms with Crippen molar-refractivity contribution in [3.05, 3.63) is 87.4 Å². The number of fused-ring (bicyclic) bond motifs is 1. The first-order chi connectivity index (χ1) is 17.5. The smallest absolute Gasteiger partial charge is 0.277 e. The zero-order chi connectivity index (χ0) is 25.1. The number of benzene rings is 2. The van der Waals surface area contributed by atoms with E-state index < -0.39 is 5.66 Å². The number of morpholine rings is 1. The molecule has 2 unspecified atom stereocenters. The van der Waals surface area contributed by atoms with Gasteiger partial charge < -0.3 is 4.74 Å². The molecule has 2 aromatic carbocycles. The summed E-state index contributed by atoms with van der Waals surface area (Å²) < 4.78 is 5.53. The van der Waals surface area contributed by atoms with Gasteiger partial charge in [0.15, 0.2) is 5.66 Å². The molecule has 0 amide bonds. The van der Waals surface area contributed by atoms with Gasteiger partial charge in [-0.15, -0.1) is 0 Å². The van der Waals surface area contributed by atoms with Gasteiger partial charge in [-0.2, -0.15) is 0 Å². The number of hydrogen-bond acceptors (Lipinski definition) is 8. The minimum atomic E-state index is -1.03. The minimum Gasteiger partial charge on any atom is -0.379 e. The molecule has 9 nitrogen and oxygen atoms in total. The summed E-state index contributed by atoms with van der Waals surface area (Å²) in [7, 11) is 0. The average Bonchev–Trinajstić information content (AvgIpc) is 3.32. The van der Waals surface area contributed by atoms with Gasteiger partial charge >= 0.3 is 0 Å². The van der Waals surface area contributed by atoms with E-state index in [0.29, 0.717) is 29.4 Å². The van der Waals surface area contributed by atoms with Crippen LogP contribution in [-0.4, -0.2) is 58.9 Å². The second-order valence-electron chi connectivity index (χ2n) is 9.18. The fraction of sp³-hybridized carbons (Fsp3) is 0.370. The van der Waals surface area contributed by atoms with Crippen molar-refractivity contribution in [1.29, 1.82) is 0 Å². The molecule has 0 spiro atoms. The van der Waals surface area contributed by atoms with Crippen molar-refractivity contribution >= 4 is 22.8 Å². The van der Waals surface area contributed by atoms with Crippen molar-refractivity contribution in [1.82, 2.24) is 20.2 Å². The van der Waals surface area contributed by atoms with E-state index >= 15 is 0 Å². The Balaban J connectivity index is 1.51. The Morgan fingerprint density at radius 1 is 1.25 bits per heavy atom. The molecular formula is C27H30N6O3. The van der Waals surface area contributed by atoms with Crippen LogP contribution in [0.15, 0.2) is 65.6 Å². The highest BCUT2D eigenvalue weighted by molar-refractivity contribution is 5.86. The molecule has 36 heavy (non-hydrogen) atoms. The van der Waals surface area contributed by atoms with Crippen LogP contribution >= 0.6 is 0 Å². The highest BCUT2D eigenvalue weighted by atomic mass is 16.6. The number of hydrogen-bond donors (Lipinski definition) is 1. The van der Waals surface area contributed by atoms with Crippen molar-refractivity contribution in [2.24, 2.45) is 4.99 Å². The van der Waals surface area contributed by atoms with Gasteiger partial charge in [-0.25, -0.2) is 9.97 Å². The Morgan fingerprint density at radius 3 is 2.83 bits per heavy atom. The van der Waals surface area contributed by atoms with Gasteiger partial charge in [0, 0.05) is 43.0 Å². The predicted molar refractivity (Wildman–Crippen MR) is 139 cm³/mol. The summed E-state index contributed by atoms with van der Waals surface area (Å²) in [6.07, 6.45) is 7.58. The molecule has 1 N–H and O–H groups in total. The Bertz CT molecular complexity index is 1330.